The Bertz CT molecular complexity index is 1040. The number of ether oxygens (including phenoxy) is 1. The van der Waals surface area contributed by atoms with Crippen LogP contribution < -0.4 is 15.7 Å². The van der Waals surface area contributed by atoms with E-state index in [1.54, 1.807) is 25.3 Å². The molecule has 0 saturated heterocycles. The zero-order valence-corrected chi connectivity index (χ0v) is 15.4. The first-order valence-corrected chi connectivity index (χ1v) is 8.42. The SMILES string of the molecule is COc1cccc(-c2cnn(CC(=O)Nc3ccc(C)cc3C)c(=O)n2)c1. The van der Waals surface area contributed by atoms with Gasteiger partial charge in [-0.05, 0) is 37.6 Å². The maximum absolute atomic E-state index is 12.3. The van der Waals surface area contributed by atoms with Crippen molar-refractivity contribution in [1.82, 2.24) is 14.8 Å². The number of hydrogen-bond acceptors (Lipinski definition) is 5. The van der Waals surface area contributed by atoms with Crippen LogP contribution in [0.5, 0.6) is 5.75 Å². The molecule has 0 saturated carbocycles. The molecule has 0 fully saturated rings. The van der Waals surface area contributed by atoms with Crippen LogP contribution in [-0.2, 0) is 11.3 Å². The number of amides is 1. The van der Waals surface area contributed by atoms with E-state index in [2.05, 4.69) is 15.4 Å². The van der Waals surface area contributed by atoms with Crippen LogP contribution in [0.2, 0.25) is 0 Å². The molecule has 0 atom stereocenters. The summed E-state index contributed by atoms with van der Waals surface area (Å²) in [6, 6.07) is 12.9. The molecule has 138 valence electrons. The lowest BCUT2D eigenvalue weighted by atomic mass is 10.1. The average Bonchev–Trinajstić information content (AvgIpc) is 2.65. The monoisotopic (exact) mass is 364 g/mol. The third kappa shape index (κ3) is 4.38. The summed E-state index contributed by atoms with van der Waals surface area (Å²) in [6.45, 7) is 3.69. The van der Waals surface area contributed by atoms with E-state index in [0.717, 1.165) is 15.8 Å². The minimum absolute atomic E-state index is 0.211. The number of rotatable bonds is 5. The van der Waals surface area contributed by atoms with Crippen LogP contribution in [0.3, 0.4) is 0 Å². The van der Waals surface area contributed by atoms with Gasteiger partial charge in [0.15, 0.2) is 0 Å². The van der Waals surface area contributed by atoms with Crippen LogP contribution in [0, 0.1) is 13.8 Å². The van der Waals surface area contributed by atoms with E-state index in [1.165, 1.54) is 6.20 Å². The van der Waals surface area contributed by atoms with Gasteiger partial charge in [-0.3, -0.25) is 4.79 Å². The number of hydrogen-bond donors (Lipinski definition) is 1. The number of aromatic nitrogens is 3. The minimum Gasteiger partial charge on any atom is -0.497 e. The highest BCUT2D eigenvalue weighted by atomic mass is 16.5. The lowest BCUT2D eigenvalue weighted by Crippen LogP contribution is -2.31. The molecule has 0 spiro atoms. The lowest BCUT2D eigenvalue weighted by Gasteiger charge is -2.10. The maximum atomic E-state index is 12.3. The second kappa shape index (κ2) is 7.82. The van der Waals surface area contributed by atoms with Gasteiger partial charge in [0.05, 0.1) is 19.0 Å². The summed E-state index contributed by atoms with van der Waals surface area (Å²) in [6.07, 6.45) is 1.46. The average molecular weight is 364 g/mol. The van der Waals surface area contributed by atoms with Crippen molar-refractivity contribution in [3.63, 3.8) is 0 Å². The fourth-order valence-corrected chi connectivity index (χ4v) is 2.67. The van der Waals surface area contributed by atoms with E-state index in [0.29, 0.717) is 22.7 Å². The number of carbonyl (C=O) groups is 1. The molecule has 27 heavy (non-hydrogen) atoms. The van der Waals surface area contributed by atoms with Crippen molar-refractivity contribution in [2.24, 2.45) is 0 Å². The van der Waals surface area contributed by atoms with E-state index in [9.17, 15) is 9.59 Å². The fourth-order valence-electron chi connectivity index (χ4n) is 2.67. The van der Waals surface area contributed by atoms with Gasteiger partial charge in [-0.25, -0.2) is 9.48 Å². The standard InChI is InChI=1S/C20H20N4O3/c1-13-7-8-17(14(2)9-13)22-19(25)12-24-20(26)23-18(11-21-24)15-5-4-6-16(10-15)27-3/h4-11H,12H2,1-3H3,(H,22,25). The second-order valence-corrected chi connectivity index (χ2v) is 6.18. The Balaban J connectivity index is 1.75. The molecule has 0 bridgehead atoms. The number of benzene rings is 2. The molecular weight excluding hydrogens is 344 g/mol. The quantitative estimate of drug-likeness (QED) is 0.752. The molecule has 1 heterocycles. The van der Waals surface area contributed by atoms with Crippen molar-refractivity contribution in [1.29, 1.82) is 0 Å². The zero-order chi connectivity index (χ0) is 19.4. The molecule has 7 nitrogen and oxygen atoms in total. The summed E-state index contributed by atoms with van der Waals surface area (Å²) in [4.78, 5) is 28.5. The van der Waals surface area contributed by atoms with Gasteiger partial charge in [0.25, 0.3) is 0 Å². The first-order valence-electron chi connectivity index (χ1n) is 8.42. The van der Waals surface area contributed by atoms with Gasteiger partial charge in [-0.1, -0.05) is 29.8 Å². The van der Waals surface area contributed by atoms with Gasteiger partial charge < -0.3 is 10.1 Å². The minimum atomic E-state index is -0.592. The molecule has 0 aliphatic carbocycles. The highest BCUT2D eigenvalue weighted by Gasteiger charge is 2.10. The summed E-state index contributed by atoms with van der Waals surface area (Å²) in [7, 11) is 1.57. The number of nitrogens with one attached hydrogen (secondary N) is 1. The molecule has 1 N–H and O–H groups in total. The van der Waals surface area contributed by atoms with Crippen molar-refractivity contribution in [3.05, 3.63) is 70.3 Å². The smallest absolute Gasteiger partial charge is 0.365 e. The van der Waals surface area contributed by atoms with Gasteiger partial charge in [-0.15, -0.1) is 0 Å². The normalized spacial score (nSPS) is 10.5. The number of anilines is 1. The van der Waals surface area contributed by atoms with Crippen LogP contribution in [-0.4, -0.2) is 27.8 Å². The molecule has 0 aliphatic heterocycles. The zero-order valence-electron chi connectivity index (χ0n) is 15.4. The predicted molar refractivity (Wildman–Crippen MR) is 103 cm³/mol. The van der Waals surface area contributed by atoms with Crippen LogP contribution in [0.4, 0.5) is 5.69 Å². The molecule has 0 radical (unpaired) electrons. The van der Waals surface area contributed by atoms with Crippen molar-refractivity contribution in [3.8, 4) is 17.0 Å². The maximum Gasteiger partial charge on any atom is 0.365 e. The summed E-state index contributed by atoms with van der Waals surface area (Å²) in [5, 5.41) is 6.86. The molecule has 2 aromatic carbocycles. The Morgan fingerprint density at radius 1 is 1.19 bits per heavy atom. The van der Waals surface area contributed by atoms with E-state index >= 15 is 0 Å². The van der Waals surface area contributed by atoms with Gasteiger partial charge in [0.1, 0.15) is 12.3 Å². The Kier molecular flexibility index (Phi) is 5.30. The molecule has 1 amide bonds. The molecule has 3 rings (SSSR count). The predicted octanol–water partition coefficient (Wildman–Crippen LogP) is 2.57. The first kappa shape index (κ1) is 18.3. The Morgan fingerprint density at radius 3 is 2.70 bits per heavy atom. The lowest BCUT2D eigenvalue weighted by molar-refractivity contribution is -0.117. The summed E-state index contributed by atoms with van der Waals surface area (Å²) < 4.78 is 6.20. The Labute approximate surface area is 156 Å². The summed E-state index contributed by atoms with van der Waals surface area (Å²) in [5.41, 5.74) is 3.32. The summed E-state index contributed by atoms with van der Waals surface area (Å²) in [5.74, 6) is 0.318. The van der Waals surface area contributed by atoms with Crippen LogP contribution in [0.25, 0.3) is 11.3 Å². The van der Waals surface area contributed by atoms with Crippen LogP contribution in [0.15, 0.2) is 53.5 Å². The van der Waals surface area contributed by atoms with Gasteiger partial charge in [0, 0.05) is 11.3 Å². The van der Waals surface area contributed by atoms with Crippen molar-refractivity contribution in [2.45, 2.75) is 20.4 Å². The molecule has 3 aromatic rings. The number of nitrogens with zero attached hydrogens (tertiary/aromatic N) is 3. The van der Waals surface area contributed by atoms with Crippen molar-refractivity contribution < 1.29 is 9.53 Å². The third-order valence-electron chi connectivity index (χ3n) is 4.07. The summed E-state index contributed by atoms with van der Waals surface area (Å²) >= 11 is 0. The van der Waals surface area contributed by atoms with Crippen molar-refractivity contribution >= 4 is 11.6 Å². The van der Waals surface area contributed by atoms with Crippen LogP contribution >= 0.6 is 0 Å². The van der Waals surface area contributed by atoms with E-state index in [1.807, 2.05) is 38.1 Å². The Morgan fingerprint density at radius 2 is 2.00 bits per heavy atom. The first-order chi connectivity index (χ1) is 13.0. The Hall–Kier alpha value is -3.48. The molecule has 7 heteroatoms. The van der Waals surface area contributed by atoms with Gasteiger partial charge >= 0.3 is 5.69 Å². The van der Waals surface area contributed by atoms with Crippen LogP contribution in [0.1, 0.15) is 11.1 Å². The number of aryl methyl sites for hydroxylation is 2. The number of methoxy groups -OCH3 is 1. The largest absolute Gasteiger partial charge is 0.497 e. The molecule has 0 aliphatic rings. The molecule has 1 aromatic heterocycles. The fraction of sp³-hybridized carbons (Fsp3) is 0.200. The van der Waals surface area contributed by atoms with E-state index in [-0.39, 0.29) is 12.5 Å². The van der Waals surface area contributed by atoms with Crippen molar-refractivity contribution in [2.75, 3.05) is 12.4 Å². The second-order valence-electron chi connectivity index (χ2n) is 6.18. The van der Waals surface area contributed by atoms with E-state index in [4.69, 9.17) is 4.74 Å². The number of carbonyl (C=O) groups excluding carboxylic acids is 1. The van der Waals surface area contributed by atoms with Gasteiger partial charge in [-0.2, -0.15) is 10.1 Å². The highest BCUT2D eigenvalue weighted by Crippen LogP contribution is 2.20. The highest BCUT2D eigenvalue weighted by molar-refractivity contribution is 5.91. The molecule has 0 unspecified atom stereocenters. The third-order valence-corrected chi connectivity index (χ3v) is 4.07. The van der Waals surface area contributed by atoms with Gasteiger partial charge in [0.2, 0.25) is 5.91 Å². The van der Waals surface area contributed by atoms with E-state index < -0.39 is 5.69 Å². The topological polar surface area (TPSA) is 86.1 Å². The molecular formula is C20H20N4O3.